The van der Waals surface area contributed by atoms with Crippen LogP contribution in [0.15, 0.2) is 61.4 Å². The summed E-state index contributed by atoms with van der Waals surface area (Å²) >= 11 is 0. The zero-order chi connectivity index (χ0) is 32.3. The van der Waals surface area contributed by atoms with E-state index in [1.807, 2.05) is 0 Å². The van der Waals surface area contributed by atoms with Gasteiger partial charge in [-0.3, -0.25) is 4.90 Å². The lowest BCUT2D eigenvalue weighted by molar-refractivity contribution is -0.728. The minimum absolute atomic E-state index is 0. The fourth-order valence-corrected chi connectivity index (χ4v) is 5.35. The van der Waals surface area contributed by atoms with Gasteiger partial charge in [-0.2, -0.15) is 0 Å². The van der Waals surface area contributed by atoms with Crippen molar-refractivity contribution in [3.05, 3.63) is 78.6 Å². The highest BCUT2D eigenvalue weighted by Crippen LogP contribution is 2.35. The Morgan fingerprint density at radius 2 is 1.89 bits per heavy atom. The van der Waals surface area contributed by atoms with Gasteiger partial charge in [-0.15, -0.1) is 9.78 Å². The Labute approximate surface area is 272 Å². The normalized spacial score (nSPS) is 17.2. The zero-order valence-electron chi connectivity index (χ0n) is 24.9. The molecular formula is C28H30ClF2N9O7. The number of hydrogen-bond donors (Lipinski definition) is 1. The summed E-state index contributed by atoms with van der Waals surface area (Å²) in [7, 11) is 0. The third-order valence-corrected chi connectivity index (χ3v) is 7.77. The molecule has 0 bridgehead atoms. The van der Waals surface area contributed by atoms with Crippen molar-refractivity contribution in [2.75, 3.05) is 38.0 Å². The molecule has 4 aromatic rings. The molecular weight excluding hydrogens is 648 g/mol. The van der Waals surface area contributed by atoms with Crippen LogP contribution in [0.5, 0.6) is 0 Å². The molecule has 1 N–H and O–H groups in total. The summed E-state index contributed by atoms with van der Waals surface area (Å²) < 4.78 is 53.7. The summed E-state index contributed by atoms with van der Waals surface area (Å²) in [5.41, 5.74) is -1.00. The first kappa shape index (κ1) is 33.6. The average molecular weight is 678 g/mol. The van der Waals surface area contributed by atoms with E-state index in [9.17, 15) is 19.1 Å². The Balaban J connectivity index is 0.00000433. The van der Waals surface area contributed by atoms with Crippen LogP contribution < -0.4 is 21.9 Å². The summed E-state index contributed by atoms with van der Waals surface area (Å²) in [6.07, 6.45) is 2.65. The van der Waals surface area contributed by atoms with Gasteiger partial charge in [0, 0.05) is 35.5 Å². The summed E-state index contributed by atoms with van der Waals surface area (Å²) in [6.45, 7) is 1.96. The Hall–Kier alpha value is -4.78. The van der Waals surface area contributed by atoms with E-state index in [-0.39, 0.29) is 57.8 Å². The van der Waals surface area contributed by atoms with Gasteiger partial charge < -0.3 is 41.4 Å². The number of tetrazole rings is 1. The van der Waals surface area contributed by atoms with Crippen LogP contribution >= 0.6 is 0 Å². The lowest BCUT2D eigenvalue weighted by atomic mass is 9.85. The van der Waals surface area contributed by atoms with E-state index in [4.69, 9.17) is 18.9 Å². The molecule has 2 fully saturated rings. The standard InChI is InChI=1S/C28H30F2N9O7.ClH/c1-19(37-8-9-38(26(37)40)21-3-5-22(6-4-21)39-14-31-33-34-39)28(42,24-7-2-20(29)10-25(24)30)13-36-16-35(15-32-36)17-45-27(41)46-23-11-43-18-44-12-23;/h2-7,10,14-16,19,23,42H,8-9,11-13,17-18H2,1H3;1H/q+1;/p-1/t19-,28+;/m1./s1. The van der Waals surface area contributed by atoms with Crippen LogP contribution in [0.3, 0.4) is 0 Å². The number of aliphatic hydroxyl groups is 1. The molecule has 0 saturated carbocycles. The molecule has 6 rings (SSSR count). The number of halogens is 3. The van der Waals surface area contributed by atoms with Crippen molar-refractivity contribution in [1.29, 1.82) is 0 Å². The summed E-state index contributed by atoms with van der Waals surface area (Å²) in [4.78, 5) is 28.7. The van der Waals surface area contributed by atoms with Gasteiger partial charge in [-0.1, -0.05) is 6.07 Å². The molecule has 2 aromatic carbocycles. The molecule has 19 heteroatoms. The minimum atomic E-state index is -2.07. The van der Waals surface area contributed by atoms with Crippen molar-refractivity contribution in [2.45, 2.75) is 37.9 Å². The van der Waals surface area contributed by atoms with Crippen LogP contribution in [-0.4, -0.2) is 97.4 Å². The number of nitrogens with zero attached hydrogens (tertiary/aromatic N) is 9. The van der Waals surface area contributed by atoms with Crippen molar-refractivity contribution in [1.82, 2.24) is 34.9 Å². The molecule has 2 aromatic heterocycles. The number of ether oxygens (including phenoxy) is 4. The number of amides is 2. The molecule has 0 aliphatic carbocycles. The topological polar surface area (TPSA) is 163 Å². The number of rotatable bonds is 10. The number of anilines is 1. The highest BCUT2D eigenvalue weighted by atomic mass is 35.5. The number of hydrogen-bond acceptors (Lipinski definition) is 11. The summed E-state index contributed by atoms with van der Waals surface area (Å²) in [5.74, 6) is -1.81. The second kappa shape index (κ2) is 14.3. The molecule has 2 aliphatic heterocycles. The fourth-order valence-electron chi connectivity index (χ4n) is 5.35. The third kappa shape index (κ3) is 7.30. The van der Waals surface area contributed by atoms with Crippen LogP contribution in [0.25, 0.3) is 5.69 Å². The smallest absolute Gasteiger partial charge is 0.511 e. The van der Waals surface area contributed by atoms with Crippen LogP contribution in [-0.2, 0) is 37.8 Å². The monoisotopic (exact) mass is 677 g/mol. The van der Waals surface area contributed by atoms with E-state index < -0.39 is 41.6 Å². The number of carbonyl (C=O) groups is 2. The molecule has 0 unspecified atom stereocenters. The largest absolute Gasteiger partial charge is 1.00 e. The van der Waals surface area contributed by atoms with Gasteiger partial charge >= 0.3 is 12.2 Å². The van der Waals surface area contributed by atoms with Gasteiger partial charge in [0.2, 0.25) is 13.1 Å². The van der Waals surface area contributed by atoms with Crippen LogP contribution in [0.4, 0.5) is 24.1 Å². The number of benzene rings is 2. The first-order chi connectivity index (χ1) is 22.2. The number of urea groups is 1. The maximum absolute atomic E-state index is 15.2. The second-order valence-electron chi connectivity index (χ2n) is 10.7. The number of carbonyl (C=O) groups excluding carboxylic acids is 2. The molecule has 2 saturated heterocycles. The van der Waals surface area contributed by atoms with Gasteiger partial charge in [0.25, 0.3) is 6.33 Å². The molecule has 2 aliphatic rings. The predicted molar refractivity (Wildman–Crippen MR) is 149 cm³/mol. The van der Waals surface area contributed by atoms with Crippen molar-refractivity contribution in [3.8, 4) is 5.69 Å². The van der Waals surface area contributed by atoms with Gasteiger partial charge in [-0.05, 0) is 47.7 Å². The van der Waals surface area contributed by atoms with E-state index in [1.54, 1.807) is 31.2 Å². The SMILES string of the molecule is C[C@@H](N1CCN(c2ccc(-n3cnnn3)cc2)C1=O)[C@@](O)(Cn1c[n+](COC(=O)OC2COCOC2)cn1)c1ccc(F)cc1F.[Cl-]. The molecule has 4 heterocycles. The average Bonchev–Trinajstić information content (AvgIpc) is 3.82. The molecule has 16 nitrogen and oxygen atoms in total. The van der Waals surface area contributed by atoms with Gasteiger partial charge in [0.05, 0.1) is 24.9 Å². The molecule has 250 valence electrons. The van der Waals surface area contributed by atoms with Crippen LogP contribution in [0.2, 0.25) is 0 Å². The molecule has 47 heavy (non-hydrogen) atoms. The Morgan fingerprint density at radius 3 is 2.60 bits per heavy atom. The molecule has 0 radical (unpaired) electrons. The van der Waals surface area contributed by atoms with Crippen molar-refractivity contribution in [2.24, 2.45) is 0 Å². The van der Waals surface area contributed by atoms with Gasteiger partial charge in [-0.25, -0.2) is 27.6 Å². The second-order valence-corrected chi connectivity index (χ2v) is 10.7. The van der Waals surface area contributed by atoms with E-state index in [0.717, 1.165) is 12.1 Å². The maximum atomic E-state index is 15.2. The molecule has 0 spiro atoms. The number of aromatic nitrogens is 7. The first-order valence-corrected chi connectivity index (χ1v) is 14.2. The van der Waals surface area contributed by atoms with Gasteiger partial charge in [0.1, 0.15) is 36.9 Å². The predicted octanol–water partition coefficient (Wildman–Crippen LogP) is -1.87. The quantitative estimate of drug-likeness (QED) is 0.148. The Morgan fingerprint density at radius 1 is 1.15 bits per heavy atom. The lowest BCUT2D eigenvalue weighted by Gasteiger charge is -2.38. The van der Waals surface area contributed by atoms with Crippen LogP contribution in [0.1, 0.15) is 12.5 Å². The van der Waals surface area contributed by atoms with E-state index >= 15 is 4.39 Å². The maximum Gasteiger partial charge on any atom is 0.511 e. The highest BCUT2D eigenvalue weighted by Gasteiger charge is 2.47. The highest BCUT2D eigenvalue weighted by molar-refractivity contribution is 5.94. The van der Waals surface area contributed by atoms with E-state index in [0.29, 0.717) is 24.0 Å². The summed E-state index contributed by atoms with van der Waals surface area (Å²) in [6, 6.07) is 8.42. The minimum Gasteiger partial charge on any atom is -1.00 e. The first-order valence-electron chi connectivity index (χ1n) is 14.2. The fraction of sp³-hybridized carbons (Fsp3) is 0.393. The zero-order valence-corrected chi connectivity index (χ0v) is 25.7. The molecule has 2 atom stereocenters. The Kier molecular flexibility index (Phi) is 10.2. The lowest BCUT2D eigenvalue weighted by Crippen LogP contribution is -3.00. The summed E-state index contributed by atoms with van der Waals surface area (Å²) in [5, 5.41) is 27.5. The third-order valence-electron chi connectivity index (χ3n) is 7.77. The molecule has 2 amide bonds. The van der Waals surface area contributed by atoms with E-state index in [1.165, 1.54) is 42.7 Å². The van der Waals surface area contributed by atoms with E-state index in [2.05, 4.69) is 20.6 Å². The van der Waals surface area contributed by atoms with Crippen molar-refractivity contribution < 1.29 is 59.4 Å². The Bertz CT molecular complexity index is 1670. The van der Waals surface area contributed by atoms with Crippen LogP contribution in [0, 0.1) is 11.6 Å². The van der Waals surface area contributed by atoms with Crippen molar-refractivity contribution in [3.63, 3.8) is 0 Å². The van der Waals surface area contributed by atoms with Crippen molar-refractivity contribution >= 4 is 17.9 Å². The van der Waals surface area contributed by atoms with Gasteiger partial charge in [0.15, 0.2) is 6.10 Å².